The number of nitriles is 1. The van der Waals surface area contributed by atoms with Crippen molar-refractivity contribution in [3.05, 3.63) is 69.4 Å². The lowest BCUT2D eigenvalue weighted by Gasteiger charge is -2.26. The number of hydrogen-bond donors (Lipinski definition) is 3. The summed E-state index contributed by atoms with van der Waals surface area (Å²) in [7, 11) is 0. The molecule has 28 heavy (non-hydrogen) atoms. The van der Waals surface area contributed by atoms with Gasteiger partial charge in [0.25, 0.3) is 0 Å². The maximum atomic E-state index is 9.09. The van der Waals surface area contributed by atoms with Gasteiger partial charge in [-0.25, -0.2) is 0 Å². The number of benzene rings is 1. The Bertz CT molecular complexity index is 1050. The SMILES string of the molecule is I.N#Cc1cnc2c(c1)CCC[C@H]2Nc1ccc(N)c(C(=N)c2cncs2)c1.[HH].[HH]. The molecule has 4 N–H and O–H groups in total. The van der Waals surface area contributed by atoms with Crippen LogP contribution in [0.1, 0.15) is 49.0 Å². The number of pyridine rings is 1. The lowest BCUT2D eigenvalue weighted by Crippen LogP contribution is -2.19. The summed E-state index contributed by atoms with van der Waals surface area (Å²) in [5, 5.41) is 21.0. The van der Waals surface area contributed by atoms with Crippen LogP contribution in [0.25, 0.3) is 0 Å². The summed E-state index contributed by atoms with van der Waals surface area (Å²) in [6.07, 6.45) is 6.27. The first-order valence-electron chi connectivity index (χ1n) is 8.68. The van der Waals surface area contributed by atoms with Gasteiger partial charge in [0.05, 0.1) is 33.4 Å². The fourth-order valence-corrected chi connectivity index (χ4v) is 3.99. The largest absolute Gasteiger partial charge is 0.398 e. The van der Waals surface area contributed by atoms with Crippen molar-refractivity contribution in [2.75, 3.05) is 11.1 Å². The minimum absolute atomic E-state index is 0. The lowest BCUT2D eigenvalue weighted by atomic mass is 9.91. The number of fused-ring (bicyclic) bond motifs is 1. The van der Waals surface area contributed by atoms with Crippen LogP contribution in [-0.4, -0.2) is 15.7 Å². The second kappa shape index (κ2) is 8.67. The Morgan fingerprint density at radius 2 is 2.21 bits per heavy atom. The van der Waals surface area contributed by atoms with Crippen molar-refractivity contribution in [2.24, 2.45) is 0 Å². The highest BCUT2D eigenvalue weighted by Crippen LogP contribution is 2.32. The first-order valence-corrected chi connectivity index (χ1v) is 9.56. The summed E-state index contributed by atoms with van der Waals surface area (Å²) in [6.45, 7) is 0. The predicted octanol–water partition coefficient (Wildman–Crippen LogP) is 5.01. The smallest absolute Gasteiger partial charge is 0.101 e. The number of anilines is 2. The summed E-state index contributed by atoms with van der Waals surface area (Å²) < 4.78 is 0. The van der Waals surface area contributed by atoms with Crippen LogP contribution >= 0.6 is 35.3 Å². The third-order valence-corrected chi connectivity index (χ3v) is 5.53. The van der Waals surface area contributed by atoms with Crippen LogP contribution < -0.4 is 11.1 Å². The molecule has 1 aliphatic rings. The van der Waals surface area contributed by atoms with Crippen molar-refractivity contribution in [1.82, 2.24) is 9.97 Å². The molecule has 0 radical (unpaired) electrons. The van der Waals surface area contributed by atoms with Gasteiger partial charge in [0.15, 0.2) is 0 Å². The Balaban J connectivity index is 0.00000150. The van der Waals surface area contributed by atoms with E-state index in [1.54, 1.807) is 17.9 Å². The molecule has 2 heterocycles. The third-order valence-electron chi connectivity index (χ3n) is 4.74. The van der Waals surface area contributed by atoms with Gasteiger partial charge in [0.2, 0.25) is 0 Å². The summed E-state index contributed by atoms with van der Waals surface area (Å²) in [5.74, 6) is 0. The van der Waals surface area contributed by atoms with Crippen molar-refractivity contribution in [1.29, 1.82) is 10.7 Å². The molecule has 8 heteroatoms. The number of nitrogens with zero attached hydrogens (tertiary/aromatic N) is 3. The molecule has 0 fully saturated rings. The third kappa shape index (κ3) is 4.00. The van der Waals surface area contributed by atoms with Gasteiger partial charge in [-0.15, -0.1) is 35.3 Å². The highest BCUT2D eigenvalue weighted by molar-refractivity contribution is 14.0. The maximum absolute atomic E-state index is 9.09. The summed E-state index contributed by atoms with van der Waals surface area (Å²) in [6, 6.07) is 9.83. The van der Waals surface area contributed by atoms with E-state index in [4.69, 9.17) is 16.4 Å². The number of aryl methyl sites for hydroxylation is 1. The molecule has 0 bridgehead atoms. The topological polar surface area (TPSA) is 111 Å². The van der Waals surface area contributed by atoms with E-state index in [1.807, 2.05) is 24.3 Å². The Morgan fingerprint density at radius 3 is 2.96 bits per heavy atom. The van der Waals surface area contributed by atoms with Crippen molar-refractivity contribution in [2.45, 2.75) is 25.3 Å². The molecule has 1 atom stereocenters. The Morgan fingerprint density at radius 1 is 1.36 bits per heavy atom. The van der Waals surface area contributed by atoms with Crippen LogP contribution in [0.15, 0.2) is 42.2 Å². The van der Waals surface area contributed by atoms with Crippen LogP contribution in [-0.2, 0) is 6.42 Å². The van der Waals surface area contributed by atoms with Crippen LogP contribution in [0.2, 0.25) is 0 Å². The average molecular weight is 506 g/mol. The van der Waals surface area contributed by atoms with E-state index in [-0.39, 0.29) is 32.9 Å². The molecule has 1 aliphatic carbocycles. The lowest BCUT2D eigenvalue weighted by molar-refractivity contribution is 0.583. The molecule has 6 nitrogen and oxygen atoms in total. The van der Waals surface area contributed by atoms with Gasteiger partial charge >= 0.3 is 0 Å². The first-order chi connectivity index (χ1) is 13.2. The van der Waals surface area contributed by atoms with Crippen LogP contribution in [0.5, 0.6) is 0 Å². The van der Waals surface area contributed by atoms with Crippen molar-refractivity contribution < 1.29 is 2.85 Å². The molecule has 2 aromatic heterocycles. The molecule has 0 amide bonds. The molecule has 3 aromatic rings. The molecule has 0 spiro atoms. The summed E-state index contributed by atoms with van der Waals surface area (Å²) >= 11 is 1.42. The molecular weight excluding hydrogens is 483 g/mol. The zero-order valence-electron chi connectivity index (χ0n) is 15.0. The highest BCUT2D eigenvalue weighted by Gasteiger charge is 2.22. The Kier molecular flexibility index (Phi) is 6.26. The van der Waals surface area contributed by atoms with Gasteiger partial charge in [0.1, 0.15) is 6.07 Å². The quantitative estimate of drug-likeness (QED) is 0.262. The summed E-state index contributed by atoms with van der Waals surface area (Å²) in [5.41, 5.74) is 13.1. The molecule has 0 saturated carbocycles. The van der Waals surface area contributed by atoms with Gasteiger partial charge in [0, 0.05) is 32.2 Å². The van der Waals surface area contributed by atoms with Crippen molar-refractivity contribution >= 4 is 52.4 Å². The molecule has 0 unspecified atom stereocenters. The average Bonchev–Trinajstić information content (AvgIpc) is 3.23. The second-order valence-electron chi connectivity index (χ2n) is 6.51. The molecule has 146 valence electrons. The van der Waals surface area contributed by atoms with Gasteiger partial charge < -0.3 is 11.1 Å². The van der Waals surface area contributed by atoms with Crippen LogP contribution in [0.4, 0.5) is 11.4 Å². The van der Waals surface area contributed by atoms with E-state index in [9.17, 15) is 0 Å². The van der Waals surface area contributed by atoms with Gasteiger partial charge in [-0.2, -0.15) is 5.26 Å². The first kappa shape index (κ1) is 20.2. The van der Waals surface area contributed by atoms with Crippen LogP contribution in [0, 0.1) is 16.7 Å². The minimum Gasteiger partial charge on any atom is -0.398 e. The van der Waals surface area contributed by atoms with E-state index < -0.39 is 0 Å². The predicted molar refractivity (Wildman–Crippen MR) is 127 cm³/mol. The summed E-state index contributed by atoms with van der Waals surface area (Å²) in [4.78, 5) is 9.35. The van der Waals surface area contributed by atoms with Gasteiger partial charge in [-0.05, 0) is 49.1 Å². The fraction of sp³-hybridized carbons (Fsp3) is 0.200. The normalized spacial score (nSPS) is 15.0. The number of nitrogens with two attached hydrogens (primary N) is 1. The number of aromatic nitrogens is 2. The molecular formula is C20H23IN6S. The second-order valence-corrected chi connectivity index (χ2v) is 7.40. The zero-order chi connectivity index (χ0) is 18.8. The standard InChI is InChI=1S/C20H18N6S.HI.2H2/c21-8-12-6-13-2-1-3-17(20(13)25-9-12)26-14-4-5-16(22)15(7-14)19(23)18-10-24-11-27-18;;;/h4-7,9-11,17,23,26H,1-3,22H2;3*1H/t17-;;;/m1.../s1. The van der Waals surface area contributed by atoms with E-state index in [0.717, 1.165) is 41.1 Å². The molecule has 0 aliphatic heterocycles. The zero-order valence-corrected chi connectivity index (χ0v) is 18.1. The molecule has 1 aromatic carbocycles. The van der Waals surface area contributed by atoms with E-state index in [1.165, 1.54) is 11.3 Å². The van der Waals surface area contributed by atoms with E-state index in [2.05, 4.69) is 21.4 Å². The van der Waals surface area contributed by atoms with Gasteiger partial charge in [-0.1, -0.05) is 0 Å². The maximum Gasteiger partial charge on any atom is 0.101 e. The van der Waals surface area contributed by atoms with E-state index >= 15 is 0 Å². The number of rotatable bonds is 4. The number of thiazole rings is 1. The van der Waals surface area contributed by atoms with Crippen molar-refractivity contribution in [3.63, 3.8) is 0 Å². The number of nitrogen functional groups attached to an aromatic ring is 1. The molecule has 4 rings (SSSR count). The minimum atomic E-state index is 0. The fourth-order valence-electron chi connectivity index (χ4n) is 3.41. The van der Waals surface area contributed by atoms with Gasteiger partial charge in [-0.3, -0.25) is 15.4 Å². The monoisotopic (exact) mass is 506 g/mol. The highest BCUT2D eigenvalue weighted by atomic mass is 127. The number of nitrogens with one attached hydrogen (secondary N) is 2. The number of hydrogen-bond acceptors (Lipinski definition) is 7. The molecule has 0 saturated heterocycles. The van der Waals surface area contributed by atoms with E-state index in [0.29, 0.717) is 22.5 Å². The van der Waals surface area contributed by atoms with Crippen molar-refractivity contribution in [3.8, 4) is 6.07 Å². The number of halogens is 1. The van der Waals surface area contributed by atoms with Crippen LogP contribution in [0.3, 0.4) is 0 Å². The Hall–Kier alpha value is -2.51. The Labute approximate surface area is 187 Å².